The Morgan fingerprint density at radius 3 is 1.00 bits per heavy atom. The van der Waals surface area contributed by atoms with E-state index in [1.165, 1.54) is 83.8 Å². The summed E-state index contributed by atoms with van der Waals surface area (Å²) < 4.78 is 0. The van der Waals surface area contributed by atoms with Crippen molar-refractivity contribution in [2.24, 2.45) is 0 Å². The zero-order valence-corrected chi connectivity index (χ0v) is 29.6. The van der Waals surface area contributed by atoms with Crippen molar-refractivity contribution < 1.29 is 0 Å². The van der Waals surface area contributed by atoms with Crippen LogP contribution in [0.4, 0.5) is 0 Å². The van der Waals surface area contributed by atoms with Crippen LogP contribution < -0.4 is 26.5 Å². The standard InChI is InChI=1S/C45H50P2/c1(2-4-24-38-46(40-26-12-6-13-27-40,41-28-14-7-15-29-41)42-30-16-8-17-31-42)3-5-25-39-47(43-32-18-9-19-33-43,44-34-20-10-21-35-44)45-36-22-11-23-37-45/h6-10,12-22,26-37H,1-5,11,23-25,38-39H2/q+2. The summed E-state index contributed by atoms with van der Waals surface area (Å²) in [4.78, 5) is 0. The summed E-state index contributed by atoms with van der Waals surface area (Å²) in [6.07, 6.45) is 21.4. The molecule has 1 aliphatic carbocycles. The van der Waals surface area contributed by atoms with Crippen LogP contribution in [0.2, 0.25) is 0 Å². The number of rotatable bonds is 16. The summed E-state index contributed by atoms with van der Waals surface area (Å²) in [5.74, 6) is 0. The lowest BCUT2D eigenvalue weighted by Gasteiger charge is -2.29. The third kappa shape index (κ3) is 7.78. The van der Waals surface area contributed by atoms with Gasteiger partial charge in [0.05, 0.1) is 12.3 Å². The third-order valence-corrected chi connectivity index (χ3v) is 19.0. The van der Waals surface area contributed by atoms with Gasteiger partial charge in [-0.2, -0.15) is 0 Å². The minimum Gasteiger partial charge on any atom is -0.0803 e. The normalized spacial score (nSPS) is 13.3. The first-order chi connectivity index (χ1) is 23.3. The van der Waals surface area contributed by atoms with E-state index in [1.54, 1.807) is 5.31 Å². The molecule has 0 bridgehead atoms. The van der Waals surface area contributed by atoms with Crippen molar-refractivity contribution in [3.8, 4) is 0 Å². The summed E-state index contributed by atoms with van der Waals surface area (Å²) in [7, 11) is -3.39. The predicted molar refractivity (Wildman–Crippen MR) is 213 cm³/mol. The molecule has 0 aromatic heterocycles. The Kier molecular flexibility index (Phi) is 12.1. The van der Waals surface area contributed by atoms with Crippen LogP contribution in [0.15, 0.2) is 175 Å². The molecule has 0 unspecified atom stereocenters. The van der Waals surface area contributed by atoms with Crippen molar-refractivity contribution in [1.29, 1.82) is 0 Å². The van der Waals surface area contributed by atoms with Crippen molar-refractivity contribution in [3.05, 3.63) is 175 Å². The van der Waals surface area contributed by atoms with E-state index in [2.05, 4.69) is 170 Å². The molecule has 0 fully saturated rings. The molecule has 0 saturated carbocycles. The summed E-state index contributed by atoms with van der Waals surface area (Å²) >= 11 is 0. The first kappa shape index (κ1) is 33.3. The molecule has 47 heavy (non-hydrogen) atoms. The number of hydrogen-bond donors (Lipinski definition) is 0. The maximum Gasteiger partial charge on any atom is 0.112 e. The summed E-state index contributed by atoms with van der Waals surface area (Å²) in [6.45, 7) is 0. The highest BCUT2D eigenvalue weighted by Crippen LogP contribution is 2.65. The molecule has 0 N–H and O–H groups in total. The van der Waals surface area contributed by atoms with Crippen molar-refractivity contribution >= 4 is 41.0 Å². The first-order valence-electron chi connectivity index (χ1n) is 17.8. The maximum absolute atomic E-state index is 2.55. The molecule has 0 atom stereocenters. The van der Waals surface area contributed by atoms with Gasteiger partial charge in [0, 0.05) is 0 Å². The van der Waals surface area contributed by atoms with Crippen molar-refractivity contribution in [2.45, 2.75) is 57.8 Å². The summed E-state index contributed by atoms with van der Waals surface area (Å²) in [5, 5.41) is 9.16. The molecule has 6 rings (SSSR count). The quantitative estimate of drug-likeness (QED) is 0.0735. The highest BCUT2D eigenvalue weighted by atomic mass is 31.2. The molecule has 0 aliphatic heterocycles. The topological polar surface area (TPSA) is 0 Å². The lowest BCUT2D eigenvalue weighted by molar-refractivity contribution is 0.604. The van der Waals surface area contributed by atoms with Gasteiger partial charge in [-0.15, -0.1) is 0 Å². The third-order valence-electron chi connectivity index (χ3n) is 9.89. The van der Waals surface area contributed by atoms with Gasteiger partial charge in [0.1, 0.15) is 46.4 Å². The van der Waals surface area contributed by atoms with Gasteiger partial charge in [0.25, 0.3) is 0 Å². The van der Waals surface area contributed by atoms with Crippen LogP contribution >= 0.6 is 14.5 Å². The van der Waals surface area contributed by atoms with Crippen LogP contribution in [0.5, 0.6) is 0 Å². The smallest absolute Gasteiger partial charge is 0.0803 e. The van der Waals surface area contributed by atoms with E-state index in [9.17, 15) is 0 Å². The number of benzene rings is 5. The summed E-state index contributed by atoms with van der Waals surface area (Å²) in [5.41, 5.74) is 0. The van der Waals surface area contributed by atoms with Gasteiger partial charge in [0.15, 0.2) is 0 Å². The monoisotopic (exact) mass is 652 g/mol. The van der Waals surface area contributed by atoms with Crippen LogP contribution in [0.3, 0.4) is 0 Å². The van der Waals surface area contributed by atoms with E-state index in [-0.39, 0.29) is 0 Å². The predicted octanol–water partition coefficient (Wildman–Crippen LogP) is 10.6. The maximum atomic E-state index is 2.55. The Balaban J connectivity index is 1.09. The van der Waals surface area contributed by atoms with Gasteiger partial charge in [0.2, 0.25) is 0 Å². The Hall–Kier alpha value is -3.56. The van der Waals surface area contributed by atoms with E-state index < -0.39 is 14.5 Å². The lowest BCUT2D eigenvalue weighted by Crippen LogP contribution is -2.33. The minimum atomic E-state index is -1.72. The van der Waals surface area contributed by atoms with E-state index in [0.717, 1.165) is 12.8 Å². The highest BCUT2D eigenvalue weighted by Gasteiger charge is 2.46. The van der Waals surface area contributed by atoms with Gasteiger partial charge in [-0.1, -0.05) is 116 Å². The van der Waals surface area contributed by atoms with E-state index >= 15 is 0 Å². The molecule has 2 heteroatoms. The molecule has 0 spiro atoms. The van der Waals surface area contributed by atoms with Crippen molar-refractivity contribution in [1.82, 2.24) is 0 Å². The second-order valence-corrected chi connectivity index (χ2v) is 20.1. The Bertz CT molecular complexity index is 1540. The molecule has 0 heterocycles. The Morgan fingerprint density at radius 1 is 0.340 bits per heavy atom. The zero-order chi connectivity index (χ0) is 32.0. The SMILES string of the molecule is C1=CC([P+](CCCCCCCCC[P+](c2ccccc2)(c2ccccc2)c2ccccc2)(c2ccccc2)c2ccccc2)=CCC1. The molecule has 0 radical (unpaired) electrons. The van der Waals surface area contributed by atoms with E-state index in [4.69, 9.17) is 0 Å². The molecule has 0 nitrogen and oxygen atoms in total. The lowest BCUT2D eigenvalue weighted by atomic mass is 10.1. The number of hydrogen-bond acceptors (Lipinski definition) is 0. The van der Waals surface area contributed by atoms with Gasteiger partial charge in [-0.25, -0.2) is 0 Å². The fourth-order valence-electron chi connectivity index (χ4n) is 7.55. The minimum absolute atomic E-state index is 1.16. The fraction of sp³-hybridized carbons (Fsp3) is 0.244. The van der Waals surface area contributed by atoms with Gasteiger partial charge >= 0.3 is 0 Å². The van der Waals surface area contributed by atoms with Crippen molar-refractivity contribution in [2.75, 3.05) is 12.3 Å². The zero-order valence-electron chi connectivity index (χ0n) is 27.8. The molecular formula is C45H50P2+2. The van der Waals surface area contributed by atoms with Crippen LogP contribution in [-0.2, 0) is 0 Å². The molecule has 5 aromatic rings. The van der Waals surface area contributed by atoms with E-state index in [0.29, 0.717) is 0 Å². The first-order valence-corrected chi connectivity index (χ1v) is 21.7. The van der Waals surface area contributed by atoms with E-state index in [1.807, 2.05) is 0 Å². The molecule has 1 aliphatic rings. The molecule has 0 saturated heterocycles. The van der Waals surface area contributed by atoms with Crippen LogP contribution in [0, 0.1) is 0 Å². The second kappa shape index (κ2) is 17.0. The molecular weight excluding hydrogens is 602 g/mol. The Labute approximate surface area is 285 Å². The average Bonchev–Trinajstić information content (AvgIpc) is 3.16. The summed E-state index contributed by atoms with van der Waals surface area (Å²) in [6, 6.07) is 57.0. The van der Waals surface area contributed by atoms with Crippen LogP contribution in [-0.4, -0.2) is 12.3 Å². The van der Waals surface area contributed by atoms with Crippen LogP contribution in [0.1, 0.15) is 57.8 Å². The average molecular weight is 653 g/mol. The van der Waals surface area contributed by atoms with Gasteiger partial charge in [-0.3, -0.25) is 0 Å². The van der Waals surface area contributed by atoms with Crippen molar-refractivity contribution in [3.63, 3.8) is 0 Å². The van der Waals surface area contributed by atoms with Gasteiger partial charge < -0.3 is 0 Å². The largest absolute Gasteiger partial charge is 0.112 e. The fourth-order valence-corrected chi connectivity index (χ4v) is 16.5. The number of allylic oxidation sites excluding steroid dienone is 4. The Morgan fingerprint density at radius 2 is 0.660 bits per heavy atom. The second-order valence-electron chi connectivity index (χ2n) is 12.8. The van der Waals surface area contributed by atoms with Crippen LogP contribution in [0.25, 0.3) is 0 Å². The molecule has 0 amide bonds. The molecule has 238 valence electrons. The molecule has 5 aromatic carbocycles. The highest BCUT2D eigenvalue weighted by molar-refractivity contribution is 7.95. The number of unbranched alkanes of at least 4 members (excludes halogenated alkanes) is 6. The van der Waals surface area contributed by atoms with Gasteiger partial charge in [-0.05, 0) is 111 Å².